The molecule has 18 heavy (non-hydrogen) atoms. The van der Waals surface area contributed by atoms with E-state index in [2.05, 4.69) is 10.4 Å². The molecule has 1 heterocycles. The molecular weight excluding hydrogens is 230 g/mol. The van der Waals surface area contributed by atoms with Crippen molar-refractivity contribution in [3.63, 3.8) is 0 Å². The second-order valence-corrected chi connectivity index (χ2v) is 3.92. The van der Waals surface area contributed by atoms with Crippen LogP contribution in [-0.2, 0) is 13.1 Å². The fourth-order valence-corrected chi connectivity index (χ4v) is 1.64. The molecule has 2 rings (SSSR count). The van der Waals surface area contributed by atoms with Crippen molar-refractivity contribution in [2.75, 3.05) is 19.0 Å². The summed E-state index contributed by atoms with van der Waals surface area (Å²) in [6, 6.07) is 7.77. The van der Waals surface area contributed by atoms with Crippen LogP contribution in [0.4, 0.5) is 5.69 Å². The zero-order valence-corrected chi connectivity index (χ0v) is 10.3. The van der Waals surface area contributed by atoms with E-state index in [-0.39, 0.29) is 6.61 Å². The van der Waals surface area contributed by atoms with Crippen molar-refractivity contribution in [1.29, 1.82) is 0 Å². The monoisotopic (exact) mass is 247 g/mol. The van der Waals surface area contributed by atoms with E-state index in [9.17, 15) is 0 Å². The molecule has 96 valence electrons. The van der Waals surface area contributed by atoms with Gasteiger partial charge in [0.25, 0.3) is 0 Å². The van der Waals surface area contributed by atoms with Crippen LogP contribution in [0.15, 0.2) is 36.7 Å². The van der Waals surface area contributed by atoms with E-state index in [1.165, 1.54) is 0 Å². The topological polar surface area (TPSA) is 59.3 Å². The first kappa shape index (κ1) is 12.4. The number of rotatable bonds is 6. The number of hydrogen-bond donors (Lipinski definition) is 2. The number of nitrogens with zero attached hydrogens (tertiary/aromatic N) is 2. The summed E-state index contributed by atoms with van der Waals surface area (Å²) >= 11 is 0. The van der Waals surface area contributed by atoms with Gasteiger partial charge in [-0.1, -0.05) is 0 Å². The first-order valence-electron chi connectivity index (χ1n) is 5.82. The Morgan fingerprint density at radius 1 is 1.33 bits per heavy atom. The lowest BCUT2D eigenvalue weighted by atomic mass is 10.3. The SMILES string of the molecule is COc1ccc(NCc2cnn(CCO)c2)cc1. The number of hydrogen-bond acceptors (Lipinski definition) is 4. The second kappa shape index (κ2) is 6.07. The minimum atomic E-state index is 0.104. The zero-order valence-electron chi connectivity index (χ0n) is 10.3. The number of methoxy groups -OCH3 is 1. The average Bonchev–Trinajstić information content (AvgIpc) is 2.85. The maximum absolute atomic E-state index is 8.80. The fraction of sp³-hybridized carbons (Fsp3) is 0.308. The molecule has 0 bridgehead atoms. The lowest BCUT2D eigenvalue weighted by Crippen LogP contribution is -2.02. The molecule has 0 spiro atoms. The van der Waals surface area contributed by atoms with Crippen LogP contribution in [0.5, 0.6) is 5.75 Å². The van der Waals surface area contributed by atoms with Gasteiger partial charge in [0.05, 0.1) is 26.5 Å². The van der Waals surface area contributed by atoms with Gasteiger partial charge in [-0.05, 0) is 24.3 Å². The number of benzene rings is 1. The van der Waals surface area contributed by atoms with Gasteiger partial charge in [-0.2, -0.15) is 5.10 Å². The largest absolute Gasteiger partial charge is 0.497 e. The van der Waals surface area contributed by atoms with Crippen LogP contribution in [0.1, 0.15) is 5.56 Å². The Hall–Kier alpha value is -2.01. The van der Waals surface area contributed by atoms with Crippen LogP contribution < -0.4 is 10.1 Å². The van der Waals surface area contributed by atoms with Crippen LogP contribution in [-0.4, -0.2) is 28.6 Å². The first-order valence-corrected chi connectivity index (χ1v) is 5.82. The molecule has 5 nitrogen and oxygen atoms in total. The molecule has 5 heteroatoms. The van der Waals surface area contributed by atoms with Crippen LogP contribution in [0, 0.1) is 0 Å². The van der Waals surface area contributed by atoms with Gasteiger partial charge in [-0.15, -0.1) is 0 Å². The van der Waals surface area contributed by atoms with Crippen molar-refractivity contribution in [3.8, 4) is 5.75 Å². The maximum atomic E-state index is 8.80. The van der Waals surface area contributed by atoms with Gasteiger partial charge in [-0.3, -0.25) is 4.68 Å². The zero-order chi connectivity index (χ0) is 12.8. The summed E-state index contributed by atoms with van der Waals surface area (Å²) in [5.74, 6) is 0.844. The van der Waals surface area contributed by atoms with E-state index in [0.717, 1.165) is 17.0 Å². The lowest BCUT2D eigenvalue weighted by molar-refractivity contribution is 0.269. The lowest BCUT2D eigenvalue weighted by Gasteiger charge is -2.05. The smallest absolute Gasteiger partial charge is 0.119 e. The van der Waals surface area contributed by atoms with Gasteiger partial charge in [0, 0.05) is 24.0 Å². The summed E-state index contributed by atoms with van der Waals surface area (Å²) in [6.07, 6.45) is 3.72. The maximum Gasteiger partial charge on any atom is 0.119 e. The summed E-state index contributed by atoms with van der Waals surface area (Å²) < 4.78 is 6.82. The number of aliphatic hydroxyl groups is 1. The molecule has 0 fully saturated rings. The minimum Gasteiger partial charge on any atom is -0.497 e. The third-order valence-corrected chi connectivity index (χ3v) is 2.60. The Kier molecular flexibility index (Phi) is 4.20. The molecule has 0 amide bonds. The summed E-state index contributed by atoms with van der Waals surface area (Å²) in [5.41, 5.74) is 2.12. The van der Waals surface area contributed by atoms with E-state index >= 15 is 0 Å². The van der Waals surface area contributed by atoms with Gasteiger partial charge in [0.2, 0.25) is 0 Å². The van der Waals surface area contributed by atoms with Gasteiger partial charge >= 0.3 is 0 Å². The molecule has 0 atom stereocenters. The number of ether oxygens (including phenoxy) is 1. The molecule has 0 aliphatic carbocycles. The molecule has 0 saturated carbocycles. The fourth-order valence-electron chi connectivity index (χ4n) is 1.64. The molecule has 0 aliphatic heterocycles. The molecule has 0 radical (unpaired) electrons. The first-order chi connectivity index (χ1) is 8.81. The predicted molar refractivity (Wildman–Crippen MR) is 69.6 cm³/mol. The van der Waals surface area contributed by atoms with Gasteiger partial charge in [-0.25, -0.2) is 0 Å². The van der Waals surface area contributed by atoms with Crippen LogP contribution >= 0.6 is 0 Å². The molecule has 2 N–H and O–H groups in total. The minimum absolute atomic E-state index is 0.104. The number of aliphatic hydroxyl groups excluding tert-OH is 1. The molecule has 1 aromatic heterocycles. The van der Waals surface area contributed by atoms with Gasteiger partial charge in [0.1, 0.15) is 5.75 Å². The van der Waals surface area contributed by atoms with Crippen molar-refractivity contribution >= 4 is 5.69 Å². The Labute approximate surface area is 106 Å². The normalized spacial score (nSPS) is 10.3. The van der Waals surface area contributed by atoms with E-state index in [4.69, 9.17) is 9.84 Å². The van der Waals surface area contributed by atoms with Crippen molar-refractivity contribution < 1.29 is 9.84 Å². The number of nitrogens with one attached hydrogen (secondary N) is 1. The summed E-state index contributed by atoms with van der Waals surface area (Å²) in [6.45, 7) is 1.34. The number of aromatic nitrogens is 2. The van der Waals surface area contributed by atoms with Crippen molar-refractivity contribution in [2.45, 2.75) is 13.1 Å². The third kappa shape index (κ3) is 3.24. The Balaban J connectivity index is 1.89. The van der Waals surface area contributed by atoms with E-state index in [1.807, 2.05) is 30.5 Å². The highest BCUT2D eigenvalue weighted by atomic mass is 16.5. The van der Waals surface area contributed by atoms with Crippen molar-refractivity contribution in [3.05, 3.63) is 42.2 Å². The van der Waals surface area contributed by atoms with Crippen LogP contribution in [0.3, 0.4) is 0 Å². The predicted octanol–water partition coefficient (Wildman–Crippen LogP) is 1.50. The highest BCUT2D eigenvalue weighted by molar-refractivity contribution is 5.46. The average molecular weight is 247 g/mol. The molecular formula is C13H17N3O2. The molecule has 1 aromatic carbocycles. The molecule has 2 aromatic rings. The number of anilines is 1. The molecule has 0 unspecified atom stereocenters. The Bertz CT molecular complexity index is 479. The van der Waals surface area contributed by atoms with Gasteiger partial charge in [0.15, 0.2) is 0 Å². The highest BCUT2D eigenvalue weighted by Crippen LogP contribution is 2.15. The van der Waals surface area contributed by atoms with E-state index < -0.39 is 0 Å². The second-order valence-electron chi connectivity index (χ2n) is 3.92. The molecule has 0 saturated heterocycles. The quantitative estimate of drug-likeness (QED) is 0.812. The highest BCUT2D eigenvalue weighted by Gasteiger charge is 1.99. The molecule has 0 aliphatic rings. The van der Waals surface area contributed by atoms with E-state index in [0.29, 0.717) is 13.1 Å². The Morgan fingerprint density at radius 3 is 2.78 bits per heavy atom. The Morgan fingerprint density at radius 2 is 2.11 bits per heavy atom. The third-order valence-electron chi connectivity index (χ3n) is 2.60. The standard InChI is InChI=1S/C13H17N3O2/c1-18-13-4-2-12(3-5-13)14-8-11-9-15-16(10-11)6-7-17/h2-5,9-10,14,17H,6-8H2,1H3. The van der Waals surface area contributed by atoms with Crippen molar-refractivity contribution in [1.82, 2.24) is 9.78 Å². The van der Waals surface area contributed by atoms with Crippen molar-refractivity contribution in [2.24, 2.45) is 0 Å². The van der Waals surface area contributed by atoms with Crippen LogP contribution in [0.2, 0.25) is 0 Å². The summed E-state index contributed by atoms with van der Waals surface area (Å²) in [7, 11) is 1.65. The van der Waals surface area contributed by atoms with Crippen LogP contribution in [0.25, 0.3) is 0 Å². The van der Waals surface area contributed by atoms with E-state index in [1.54, 1.807) is 18.0 Å². The van der Waals surface area contributed by atoms with Gasteiger partial charge < -0.3 is 15.2 Å². The summed E-state index contributed by atoms with van der Waals surface area (Å²) in [5, 5.41) is 16.2. The summed E-state index contributed by atoms with van der Waals surface area (Å²) in [4.78, 5) is 0.